The summed E-state index contributed by atoms with van der Waals surface area (Å²) >= 11 is 0. The van der Waals surface area contributed by atoms with Crippen molar-refractivity contribution in [2.24, 2.45) is 0 Å². The Morgan fingerprint density at radius 1 is 1.03 bits per heavy atom. The number of hydrogen-bond donors (Lipinski definition) is 0. The molecule has 0 amide bonds. The zero-order valence-corrected chi connectivity index (χ0v) is 17.6. The van der Waals surface area contributed by atoms with E-state index in [9.17, 15) is 4.79 Å². The number of carbonyl (C=O) groups is 1. The van der Waals surface area contributed by atoms with Crippen LogP contribution in [0.25, 0.3) is 11.1 Å². The topological polar surface area (TPSA) is 44.8 Å². The molecule has 1 heterocycles. The molecule has 2 aromatic rings. The Bertz CT molecular complexity index is 745. The molecule has 0 saturated carbocycles. The van der Waals surface area contributed by atoms with Crippen LogP contribution >= 0.6 is 0 Å². The number of carbonyl (C=O) groups excluding carboxylic acids is 1. The number of ether oxygens (including phenoxy) is 3. The van der Waals surface area contributed by atoms with Gasteiger partial charge < -0.3 is 14.2 Å². The summed E-state index contributed by atoms with van der Waals surface area (Å²) in [5, 5.41) is 0. The Kier molecular flexibility index (Phi) is 8.12. The first-order valence-electron chi connectivity index (χ1n) is 10.8. The second-order valence-electron chi connectivity index (χ2n) is 7.77. The Labute approximate surface area is 174 Å². The summed E-state index contributed by atoms with van der Waals surface area (Å²) in [4.78, 5) is 12.4. The minimum atomic E-state index is -0.248. The summed E-state index contributed by atoms with van der Waals surface area (Å²) < 4.78 is 16.8. The van der Waals surface area contributed by atoms with E-state index < -0.39 is 0 Å². The van der Waals surface area contributed by atoms with Crippen LogP contribution in [0.5, 0.6) is 5.75 Å². The van der Waals surface area contributed by atoms with Crippen molar-refractivity contribution < 1.29 is 19.0 Å². The first-order chi connectivity index (χ1) is 14.2. The molecule has 2 aromatic carbocycles. The van der Waals surface area contributed by atoms with E-state index in [1.165, 1.54) is 19.3 Å². The van der Waals surface area contributed by atoms with E-state index in [1.807, 2.05) is 55.5 Å². The smallest absolute Gasteiger partial charge is 0.338 e. The average Bonchev–Trinajstić information content (AvgIpc) is 3.25. The molecular formula is C25H32O4. The minimum absolute atomic E-state index is 0.0446. The number of unbranched alkanes of at least 4 members (excludes halogenated alkanes) is 3. The van der Waals surface area contributed by atoms with Crippen LogP contribution in [-0.2, 0) is 9.47 Å². The quantitative estimate of drug-likeness (QED) is 0.363. The maximum atomic E-state index is 12.4. The summed E-state index contributed by atoms with van der Waals surface area (Å²) in [6.45, 7) is 5.60. The maximum absolute atomic E-state index is 12.4. The molecule has 1 aliphatic heterocycles. The van der Waals surface area contributed by atoms with Crippen molar-refractivity contribution >= 4 is 5.97 Å². The molecule has 0 radical (unpaired) electrons. The Balaban J connectivity index is 1.51. The van der Waals surface area contributed by atoms with Gasteiger partial charge in [0.15, 0.2) is 0 Å². The van der Waals surface area contributed by atoms with Gasteiger partial charge in [0.2, 0.25) is 0 Å². The van der Waals surface area contributed by atoms with Gasteiger partial charge in [-0.15, -0.1) is 0 Å². The fourth-order valence-electron chi connectivity index (χ4n) is 3.49. The molecule has 4 nitrogen and oxygen atoms in total. The summed E-state index contributed by atoms with van der Waals surface area (Å²) in [6.07, 6.45) is 6.73. The van der Waals surface area contributed by atoms with E-state index in [0.717, 1.165) is 42.7 Å². The van der Waals surface area contributed by atoms with Gasteiger partial charge in [0.05, 0.1) is 24.9 Å². The lowest BCUT2D eigenvalue weighted by atomic mass is 10.0. The van der Waals surface area contributed by atoms with Crippen molar-refractivity contribution in [2.45, 2.75) is 64.6 Å². The molecule has 0 aromatic heterocycles. The van der Waals surface area contributed by atoms with Gasteiger partial charge in [0.25, 0.3) is 0 Å². The first kappa shape index (κ1) is 21.4. The van der Waals surface area contributed by atoms with E-state index >= 15 is 0 Å². The number of rotatable bonds is 10. The third-order valence-corrected chi connectivity index (χ3v) is 5.27. The van der Waals surface area contributed by atoms with E-state index in [0.29, 0.717) is 12.2 Å². The SMILES string of the molecule is CCCCCCC(C)OC(=O)c1ccc(-c2ccc(OC3CCOC3)cc2)cc1. The van der Waals surface area contributed by atoms with Crippen LogP contribution < -0.4 is 4.74 Å². The highest BCUT2D eigenvalue weighted by atomic mass is 16.5. The monoisotopic (exact) mass is 396 g/mol. The number of esters is 1. The van der Waals surface area contributed by atoms with E-state index in [4.69, 9.17) is 14.2 Å². The van der Waals surface area contributed by atoms with E-state index in [2.05, 4.69) is 6.92 Å². The molecule has 0 spiro atoms. The van der Waals surface area contributed by atoms with Gasteiger partial charge >= 0.3 is 5.97 Å². The van der Waals surface area contributed by atoms with Crippen LogP contribution in [0.1, 0.15) is 62.7 Å². The maximum Gasteiger partial charge on any atom is 0.338 e. The van der Waals surface area contributed by atoms with Crippen molar-refractivity contribution in [3.63, 3.8) is 0 Å². The zero-order valence-electron chi connectivity index (χ0n) is 17.6. The van der Waals surface area contributed by atoms with Gasteiger partial charge in [-0.2, -0.15) is 0 Å². The van der Waals surface area contributed by atoms with E-state index in [-0.39, 0.29) is 18.2 Å². The van der Waals surface area contributed by atoms with Crippen molar-refractivity contribution in [2.75, 3.05) is 13.2 Å². The van der Waals surface area contributed by atoms with Crippen LogP contribution in [0.15, 0.2) is 48.5 Å². The molecule has 2 unspecified atom stereocenters. The first-order valence-corrected chi connectivity index (χ1v) is 10.8. The third-order valence-electron chi connectivity index (χ3n) is 5.27. The van der Waals surface area contributed by atoms with Crippen LogP contribution in [0, 0.1) is 0 Å². The fourth-order valence-corrected chi connectivity index (χ4v) is 3.49. The molecule has 3 rings (SSSR count). The molecule has 4 heteroatoms. The van der Waals surface area contributed by atoms with Crippen molar-refractivity contribution in [1.29, 1.82) is 0 Å². The minimum Gasteiger partial charge on any atom is -0.488 e. The van der Waals surface area contributed by atoms with Crippen LogP contribution in [-0.4, -0.2) is 31.4 Å². The predicted molar refractivity (Wildman–Crippen MR) is 115 cm³/mol. The number of hydrogen-bond acceptors (Lipinski definition) is 4. The number of benzene rings is 2. The van der Waals surface area contributed by atoms with Gasteiger partial charge in [0.1, 0.15) is 11.9 Å². The van der Waals surface area contributed by atoms with Crippen molar-refractivity contribution in [1.82, 2.24) is 0 Å². The van der Waals surface area contributed by atoms with Crippen LogP contribution in [0.3, 0.4) is 0 Å². The third kappa shape index (κ3) is 6.60. The van der Waals surface area contributed by atoms with Crippen molar-refractivity contribution in [3.05, 3.63) is 54.1 Å². The van der Waals surface area contributed by atoms with Gasteiger partial charge in [-0.05, 0) is 55.2 Å². The largest absolute Gasteiger partial charge is 0.488 e. The lowest BCUT2D eigenvalue weighted by molar-refractivity contribution is 0.0319. The molecule has 1 fully saturated rings. The second-order valence-corrected chi connectivity index (χ2v) is 7.77. The van der Waals surface area contributed by atoms with Gasteiger partial charge in [0, 0.05) is 6.42 Å². The summed E-state index contributed by atoms with van der Waals surface area (Å²) in [6, 6.07) is 15.6. The van der Waals surface area contributed by atoms with Gasteiger partial charge in [-0.3, -0.25) is 0 Å². The normalized spacial score (nSPS) is 17.1. The Hall–Kier alpha value is -2.33. The molecule has 1 aliphatic rings. The lowest BCUT2D eigenvalue weighted by Gasteiger charge is -2.14. The average molecular weight is 397 g/mol. The van der Waals surface area contributed by atoms with Crippen LogP contribution in [0.4, 0.5) is 0 Å². The molecule has 2 atom stereocenters. The van der Waals surface area contributed by atoms with E-state index in [1.54, 1.807) is 0 Å². The Morgan fingerprint density at radius 3 is 2.34 bits per heavy atom. The fraction of sp³-hybridized carbons (Fsp3) is 0.480. The highest BCUT2D eigenvalue weighted by Crippen LogP contribution is 2.24. The van der Waals surface area contributed by atoms with Crippen LogP contribution in [0.2, 0.25) is 0 Å². The molecule has 156 valence electrons. The van der Waals surface area contributed by atoms with Crippen molar-refractivity contribution in [3.8, 4) is 16.9 Å². The standard InChI is InChI=1S/C25H32O4/c1-3-4-5-6-7-19(2)28-25(26)22-10-8-20(9-11-22)21-12-14-23(15-13-21)29-24-16-17-27-18-24/h8-15,19,24H,3-7,16-18H2,1-2H3. The molecule has 29 heavy (non-hydrogen) atoms. The molecule has 0 bridgehead atoms. The highest BCUT2D eigenvalue weighted by Gasteiger charge is 2.17. The zero-order chi connectivity index (χ0) is 20.5. The molecule has 0 aliphatic carbocycles. The predicted octanol–water partition coefficient (Wildman–Crippen LogP) is 6.04. The molecule has 0 N–H and O–H groups in total. The summed E-state index contributed by atoms with van der Waals surface area (Å²) in [5.41, 5.74) is 2.74. The second kappa shape index (κ2) is 11.0. The summed E-state index contributed by atoms with van der Waals surface area (Å²) in [7, 11) is 0. The molecular weight excluding hydrogens is 364 g/mol. The van der Waals surface area contributed by atoms with Gasteiger partial charge in [-0.1, -0.05) is 50.5 Å². The molecule has 1 saturated heterocycles. The Morgan fingerprint density at radius 2 is 1.72 bits per heavy atom. The highest BCUT2D eigenvalue weighted by molar-refractivity contribution is 5.90. The summed E-state index contributed by atoms with van der Waals surface area (Å²) in [5.74, 6) is 0.611. The van der Waals surface area contributed by atoms with Gasteiger partial charge in [-0.25, -0.2) is 4.79 Å². The lowest BCUT2D eigenvalue weighted by Crippen LogP contribution is -2.15.